The normalized spacial score (nSPS) is 12.3. The van der Waals surface area contributed by atoms with Crippen LogP contribution in [0.3, 0.4) is 0 Å². The molecule has 2 atom stereocenters. The second-order valence-electron chi connectivity index (χ2n) is 5.48. The van der Waals surface area contributed by atoms with E-state index in [1.165, 1.54) is 42.9 Å². The highest BCUT2D eigenvalue weighted by atomic mass is 16.5. The topological polar surface area (TPSA) is 164 Å². The average Bonchev–Trinajstić information content (AvgIpc) is 2.64. The van der Waals surface area contributed by atoms with Crippen LogP contribution in [-0.4, -0.2) is 44.2 Å². The second-order valence-corrected chi connectivity index (χ2v) is 5.48. The number of aliphatic hydroxyl groups excluding tert-OH is 1. The summed E-state index contributed by atoms with van der Waals surface area (Å²) in [6.45, 7) is 1.29. The van der Waals surface area contributed by atoms with Crippen molar-refractivity contribution in [3.8, 4) is 11.8 Å². The molecule has 6 N–H and O–H groups in total. The number of carbonyl (C=O) groups is 2. The molecule has 27 heavy (non-hydrogen) atoms. The number of hydroxylamine groups is 1. The van der Waals surface area contributed by atoms with Gasteiger partial charge in [0.2, 0.25) is 0 Å². The lowest BCUT2D eigenvalue weighted by molar-refractivity contribution is -0.133. The van der Waals surface area contributed by atoms with Gasteiger partial charge in [-0.3, -0.25) is 24.6 Å². The fourth-order valence-electron chi connectivity index (χ4n) is 2.05. The van der Waals surface area contributed by atoms with E-state index in [1.54, 1.807) is 0 Å². The standard InChI is InChI=1S/C17H16N4O6/c1-9(22)13(16(25)21-27)19-14(23)11-5-2-10(3-6-11)4-7-12-8-18-17(26)20-15(12)24/h2-3,5-6,8-9,13,22,27H,1H3,(H,19,23)(H,21,25)(H2,18,20,24,26)/t9-,13+/m1/s1. The van der Waals surface area contributed by atoms with Gasteiger partial charge in [0, 0.05) is 17.3 Å². The maximum absolute atomic E-state index is 12.1. The van der Waals surface area contributed by atoms with Gasteiger partial charge in [0.15, 0.2) is 0 Å². The Balaban J connectivity index is 2.14. The van der Waals surface area contributed by atoms with Crippen LogP contribution < -0.4 is 22.0 Å². The number of benzene rings is 1. The number of hydrogen-bond acceptors (Lipinski definition) is 6. The molecule has 1 aromatic heterocycles. The van der Waals surface area contributed by atoms with E-state index in [2.05, 4.69) is 22.1 Å². The van der Waals surface area contributed by atoms with Gasteiger partial charge in [-0.15, -0.1) is 0 Å². The Kier molecular flexibility index (Phi) is 6.27. The largest absolute Gasteiger partial charge is 0.391 e. The molecule has 0 spiro atoms. The first-order valence-corrected chi connectivity index (χ1v) is 7.69. The first kappa shape index (κ1) is 19.6. The van der Waals surface area contributed by atoms with E-state index in [0.29, 0.717) is 5.56 Å². The minimum absolute atomic E-state index is 0.0752. The van der Waals surface area contributed by atoms with E-state index < -0.39 is 35.2 Å². The molecule has 0 aliphatic carbocycles. The summed E-state index contributed by atoms with van der Waals surface area (Å²) in [7, 11) is 0. The smallest absolute Gasteiger partial charge is 0.325 e. The van der Waals surface area contributed by atoms with Crippen molar-refractivity contribution in [1.29, 1.82) is 0 Å². The van der Waals surface area contributed by atoms with E-state index in [4.69, 9.17) is 5.21 Å². The van der Waals surface area contributed by atoms with Gasteiger partial charge < -0.3 is 15.4 Å². The third kappa shape index (κ3) is 5.15. The van der Waals surface area contributed by atoms with E-state index >= 15 is 0 Å². The number of hydrogen-bond donors (Lipinski definition) is 6. The minimum atomic E-state index is -1.33. The highest BCUT2D eigenvalue weighted by Crippen LogP contribution is 2.05. The lowest BCUT2D eigenvalue weighted by atomic mass is 10.1. The minimum Gasteiger partial charge on any atom is -0.391 e. The third-order valence-electron chi connectivity index (χ3n) is 3.47. The molecule has 10 heteroatoms. The Morgan fingerprint density at radius 1 is 1.15 bits per heavy atom. The molecule has 0 bridgehead atoms. The number of aromatic amines is 2. The van der Waals surface area contributed by atoms with Crippen LogP contribution in [-0.2, 0) is 4.79 Å². The van der Waals surface area contributed by atoms with Crippen LogP contribution in [0.15, 0.2) is 40.1 Å². The summed E-state index contributed by atoms with van der Waals surface area (Å²) in [6, 6.07) is 4.59. The van der Waals surface area contributed by atoms with Crippen molar-refractivity contribution in [3.05, 3.63) is 68.0 Å². The fraction of sp³-hybridized carbons (Fsp3) is 0.176. The number of nitrogens with one attached hydrogen (secondary N) is 4. The summed E-state index contributed by atoms with van der Waals surface area (Å²) < 4.78 is 0. The SMILES string of the molecule is C[C@@H](O)[C@H](NC(=O)c1ccc(C#Cc2c[nH]c(=O)[nH]c2=O)cc1)C(=O)NO. The van der Waals surface area contributed by atoms with E-state index in [0.717, 1.165) is 0 Å². The van der Waals surface area contributed by atoms with Crippen LogP contribution in [0.25, 0.3) is 0 Å². The van der Waals surface area contributed by atoms with Crippen molar-refractivity contribution in [1.82, 2.24) is 20.8 Å². The predicted molar refractivity (Wildman–Crippen MR) is 93.0 cm³/mol. The quantitative estimate of drug-likeness (QED) is 0.216. The molecule has 10 nitrogen and oxygen atoms in total. The van der Waals surface area contributed by atoms with Crippen LogP contribution >= 0.6 is 0 Å². The molecule has 0 saturated carbocycles. The van der Waals surface area contributed by atoms with Crippen LogP contribution in [0.1, 0.15) is 28.4 Å². The molecule has 2 amide bonds. The lowest BCUT2D eigenvalue weighted by Gasteiger charge is -2.19. The van der Waals surface area contributed by atoms with Crippen LogP contribution in [0.4, 0.5) is 0 Å². The molecular formula is C17H16N4O6. The Labute approximate surface area is 152 Å². The number of aliphatic hydroxyl groups is 1. The van der Waals surface area contributed by atoms with Gasteiger partial charge >= 0.3 is 5.69 Å². The van der Waals surface area contributed by atoms with Gasteiger partial charge in [0.1, 0.15) is 11.6 Å². The molecular weight excluding hydrogens is 356 g/mol. The maximum atomic E-state index is 12.1. The van der Waals surface area contributed by atoms with Crippen molar-refractivity contribution in [2.75, 3.05) is 0 Å². The van der Waals surface area contributed by atoms with Crippen molar-refractivity contribution >= 4 is 11.8 Å². The zero-order valence-corrected chi connectivity index (χ0v) is 14.1. The molecule has 0 radical (unpaired) electrons. The Hall–Kier alpha value is -3.68. The fourth-order valence-corrected chi connectivity index (χ4v) is 2.05. The van der Waals surface area contributed by atoms with Gasteiger partial charge in [-0.25, -0.2) is 10.3 Å². The van der Waals surface area contributed by atoms with Crippen LogP contribution in [0.2, 0.25) is 0 Å². The molecule has 1 aromatic carbocycles. The first-order chi connectivity index (χ1) is 12.8. The molecule has 0 aliphatic rings. The molecule has 0 fully saturated rings. The monoisotopic (exact) mass is 372 g/mol. The third-order valence-corrected chi connectivity index (χ3v) is 3.47. The zero-order valence-electron chi connectivity index (χ0n) is 14.1. The van der Waals surface area contributed by atoms with Crippen molar-refractivity contribution in [2.45, 2.75) is 19.1 Å². The summed E-state index contributed by atoms with van der Waals surface area (Å²) in [6.07, 6.45) is -0.0279. The van der Waals surface area contributed by atoms with E-state index in [-0.39, 0.29) is 11.1 Å². The number of carbonyl (C=O) groups excluding carboxylic acids is 2. The Morgan fingerprint density at radius 2 is 1.81 bits per heavy atom. The first-order valence-electron chi connectivity index (χ1n) is 7.69. The van der Waals surface area contributed by atoms with Gasteiger partial charge in [-0.1, -0.05) is 11.8 Å². The van der Waals surface area contributed by atoms with Gasteiger partial charge in [-0.2, -0.15) is 0 Å². The predicted octanol–water partition coefficient (Wildman–Crippen LogP) is -1.55. The zero-order chi connectivity index (χ0) is 20.0. The van der Waals surface area contributed by atoms with Crippen LogP contribution in [0, 0.1) is 11.8 Å². The second kappa shape index (κ2) is 8.61. The molecule has 0 aliphatic heterocycles. The van der Waals surface area contributed by atoms with Crippen molar-refractivity contribution in [3.63, 3.8) is 0 Å². The molecule has 140 valence electrons. The summed E-state index contributed by atoms with van der Waals surface area (Å²) in [5.74, 6) is 3.72. The molecule has 1 heterocycles. The molecule has 0 unspecified atom stereocenters. The summed E-state index contributed by atoms with van der Waals surface area (Å²) in [4.78, 5) is 50.4. The highest BCUT2D eigenvalue weighted by Gasteiger charge is 2.25. The maximum Gasteiger partial charge on any atom is 0.325 e. The van der Waals surface area contributed by atoms with Crippen molar-refractivity contribution < 1.29 is 19.9 Å². The lowest BCUT2D eigenvalue weighted by Crippen LogP contribution is -2.51. The Morgan fingerprint density at radius 3 is 2.37 bits per heavy atom. The Bertz CT molecular complexity index is 1010. The molecule has 2 rings (SSSR count). The van der Waals surface area contributed by atoms with Crippen molar-refractivity contribution in [2.24, 2.45) is 0 Å². The number of rotatable bonds is 4. The average molecular weight is 372 g/mol. The van der Waals surface area contributed by atoms with E-state index in [9.17, 15) is 24.3 Å². The summed E-state index contributed by atoms with van der Waals surface area (Å²) >= 11 is 0. The van der Waals surface area contributed by atoms with Gasteiger partial charge in [0.25, 0.3) is 17.4 Å². The number of amides is 2. The summed E-state index contributed by atoms with van der Waals surface area (Å²) in [5, 5.41) is 20.5. The molecule has 2 aromatic rings. The highest BCUT2D eigenvalue weighted by molar-refractivity contribution is 5.97. The van der Waals surface area contributed by atoms with Gasteiger partial charge in [-0.05, 0) is 31.2 Å². The van der Waals surface area contributed by atoms with Crippen LogP contribution in [0.5, 0.6) is 0 Å². The number of H-pyrrole nitrogens is 2. The van der Waals surface area contributed by atoms with E-state index in [1.807, 2.05) is 4.98 Å². The summed E-state index contributed by atoms with van der Waals surface area (Å²) in [5.41, 5.74) is 0.886. The van der Waals surface area contributed by atoms with Gasteiger partial charge in [0.05, 0.1) is 6.10 Å². The number of aromatic nitrogens is 2. The molecule has 0 saturated heterocycles.